The number of piperidine rings is 1. The van der Waals surface area contributed by atoms with E-state index in [4.69, 9.17) is 0 Å². The summed E-state index contributed by atoms with van der Waals surface area (Å²) in [6, 6.07) is 0.263. The smallest absolute Gasteiger partial charge is 0.264 e. The molecule has 0 bridgehead atoms. The van der Waals surface area contributed by atoms with Crippen LogP contribution >= 0.6 is 11.3 Å². The Morgan fingerprint density at radius 2 is 2.00 bits per heavy atom. The van der Waals surface area contributed by atoms with Gasteiger partial charge in [0.05, 0.1) is 16.6 Å². The Morgan fingerprint density at radius 1 is 1.35 bits per heavy atom. The third-order valence-electron chi connectivity index (χ3n) is 4.76. The second-order valence-electron chi connectivity index (χ2n) is 6.35. The maximum atomic E-state index is 12.9. The zero-order valence-electron chi connectivity index (χ0n) is 14.0. The normalized spacial score (nSPS) is 16.9. The van der Waals surface area contributed by atoms with Gasteiger partial charge in [0.25, 0.3) is 11.5 Å². The maximum absolute atomic E-state index is 12.9. The predicted molar refractivity (Wildman–Crippen MR) is 92.2 cm³/mol. The van der Waals surface area contributed by atoms with E-state index < -0.39 is 0 Å². The van der Waals surface area contributed by atoms with Gasteiger partial charge in [0, 0.05) is 20.1 Å². The fraction of sp³-hybridized carbons (Fsp3) is 0.562. The van der Waals surface area contributed by atoms with Gasteiger partial charge in [0.2, 0.25) is 0 Å². The van der Waals surface area contributed by atoms with Gasteiger partial charge in [-0.05, 0) is 45.5 Å². The van der Waals surface area contributed by atoms with Crippen LogP contribution in [0.3, 0.4) is 0 Å². The van der Waals surface area contributed by atoms with Crippen LogP contribution in [0.25, 0.3) is 10.2 Å². The minimum Gasteiger partial charge on any atom is -0.338 e. The Bertz CT molecular complexity index is 802. The second-order valence-corrected chi connectivity index (χ2v) is 7.35. The van der Waals surface area contributed by atoms with Crippen molar-refractivity contribution < 1.29 is 4.79 Å². The van der Waals surface area contributed by atoms with Crippen LogP contribution in [0, 0.1) is 6.92 Å². The molecule has 124 valence electrons. The van der Waals surface area contributed by atoms with Crippen molar-refractivity contribution in [2.24, 2.45) is 7.05 Å². The molecule has 0 unspecified atom stereocenters. The van der Waals surface area contributed by atoms with Crippen molar-refractivity contribution in [3.05, 3.63) is 27.1 Å². The van der Waals surface area contributed by atoms with E-state index in [9.17, 15) is 9.59 Å². The van der Waals surface area contributed by atoms with Crippen molar-refractivity contribution in [1.29, 1.82) is 0 Å². The first-order valence-corrected chi connectivity index (χ1v) is 8.62. The molecule has 3 rings (SSSR count). The van der Waals surface area contributed by atoms with Crippen LogP contribution in [0.2, 0.25) is 0 Å². The molecule has 1 fully saturated rings. The number of aromatic nitrogens is 2. The van der Waals surface area contributed by atoms with Gasteiger partial charge in [-0.2, -0.15) is 0 Å². The Labute approximate surface area is 139 Å². The van der Waals surface area contributed by atoms with E-state index in [0.717, 1.165) is 31.5 Å². The third kappa shape index (κ3) is 2.79. The van der Waals surface area contributed by atoms with Crippen molar-refractivity contribution in [3.8, 4) is 0 Å². The number of carbonyl (C=O) groups excluding carboxylic acids is 1. The zero-order valence-corrected chi connectivity index (χ0v) is 14.8. The van der Waals surface area contributed by atoms with Crippen LogP contribution in [0.4, 0.5) is 0 Å². The second kappa shape index (κ2) is 6.05. The molecule has 6 nitrogen and oxygen atoms in total. The fourth-order valence-corrected chi connectivity index (χ4v) is 4.24. The standard InChI is InChI=1S/C16H22N4O2S/c1-10-12-14(17-9-19(3)15(12)21)23-13(10)16(22)20(4)11-5-7-18(2)8-6-11/h9,11H,5-8H2,1-4H3. The van der Waals surface area contributed by atoms with Gasteiger partial charge < -0.3 is 14.4 Å². The molecule has 0 saturated carbocycles. The highest BCUT2D eigenvalue weighted by Gasteiger charge is 2.28. The number of likely N-dealkylation sites (tertiary alicyclic amines) is 1. The maximum Gasteiger partial charge on any atom is 0.264 e. The molecular weight excluding hydrogens is 312 g/mol. The number of thiophene rings is 1. The minimum absolute atomic E-state index is 0.00195. The summed E-state index contributed by atoms with van der Waals surface area (Å²) in [5, 5.41) is 0.570. The highest BCUT2D eigenvalue weighted by molar-refractivity contribution is 7.20. The summed E-state index contributed by atoms with van der Waals surface area (Å²) in [5.74, 6) is 0.00195. The van der Waals surface area contributed by atoms with Crippen molar-refractivity contribution in [2.45, 2.75) is 25.8 Å². The number of nitrogens with zero attached hydrogens (tertiary/aromatic N) is 4. The molecular formula is C16H22N4O2S. The van der Waals surface area contributed by atoms with Gasteiger partial charge in [-0.25, -0.2) is 4.98 Å². The number of fused-ring (bicyclic) bond motifs is 1. The molecule has 1 amide bonds. The topological polar surface area (TPSA) is 58.4 Å². The first-order valence-electron chi connectivity index (χ1n) is 7.80. The molecule has 1 saturated heterocycles. The molecule has 0 N–H and O–H groups in total. The van der Waals surface area contributed by atoms with E-state index in [1.54, 1.807) is 7.05 Å². The SMILES string of the molecule is Cc1c(C(=O)N(C)C2CCN(C)CC2)sc2ncn(C)c(=O)c12. The molecule has 2 aromatic heterocycles. The highest BCUT2D eigenvalue weighted by Crippen LogP contribution is 2.29. The molecule has 0 aliphatic carbocycles. The van der Waals surface area contributed by atoms with Crippen LogP contribution in [-0.4, -0.2) is 58.5 Å². The summed E-state index contributed by atoms with van der Waals surface area (Å²) >= 11 is 1.32. The lowest BCUT2D eigenvalue weighted by molar-refractivity contribution is 0.0664. The van der Waals surface area contributed by atoms with Gasteiger partial charge in [-0.1, -0.05) is 0 Å². The lowest BCUT2D eigenvalue weighted by Gasteiger charge is -2.35. The van der Waals surface area contributed by atoms with Crippen LogP contribution in [0.1, 0.15) is 28.1 Å². The highest BCUT2D eigenvalue weighted by atomic mass is 32.1. The van der Waals surface area contributed by atoms with E-state index in [1.165, 1.54) is 22.2 Å². The lowest BCUT2D eigenvalue weighted by Crippen LogP contribution is -2.44. The van der Waals surface area contributed by atoms with E-state index in [1.807, 2.05) is 18.9 Å². The molecule has 0 radical (unpaired) electrons. The van der Waals surface area contributed by atoms with Gasteiger partial charge in [0.15, 0.2) is 0 Å². The number of carbonyl (C=O) groups is 1. The average Bonchev–Trinajstić information content (AvgIpc) is 2.88. The van der Waals surface area contributed by atoms with Crippen LogP contribution in [0.15, 0.2) is 11.1 Å². The van der Waals surface area contributed by atoms with E-state index in [-0.39, 0.29) is 17.5 Å². The quantitative estimate of drug-likeness (QED) is 0.834. The Hall–Kier alpha value is -1.73. The summed E-state index contributed by atoms with van der Waals surface area (Å²) in [6.45, 7) is 3.86. The molecule has 0 spiro atoms. The van der Waals surface area contributed by atoms with Crippen molar-refractivity contribution in [1.82, 2.24) is 19.4 Å². The average molecular weight is 334 g/mol. The van der Waals surface area contributed by atoms with Crippen LogP contribution in [-0.2, 0) is 7.05 Å². The molecule has 23 heavy (non-hydrogen) atoms. The molecule has 0 aromatic carbocycles. The minimum atomic E-state index is -0.0928. The molecule has 0 atom stereocenters. The van der Waals surface area contributed by atoms with Crippen LogP contribution < -0.4 is 5.56 Å². The van der Waals surface area contributed by atoms with Gasteiger partial charge in [-0.15, -0.1) is 11.3 Å². The Morgan fingerprint density at radius 3 is 2.65 bits per heavy atom. The Balaban J connectivity index is 1.93. The van der Waals surface area contributed by atoms with Gasteiger partial charge in [0.1, 0.15) is 4.83 Å². The first kappa shape index (κ1) is 16.1. The van der Waals surface area contributed by atoms with Crippen molar-refractivity contribution in [3.63, 3.8) is 0 Å². The number of rotatable bonds is 2. The van der Waals surface area contributed by atoms with E-state index in [0.29, 0.717) is 15.1 Å². The summed E-state index contributed by atoms with van der Waals surface area (Å²) in [7, 11) is 5.65. The summed E-state index contributed by atoms with van der Waals surface area (Å²) in [5.41, 5.74) is 0.660. The zero-order chi connectivity index (χ0) is 16.7. The predicted octanol–water partition coefficient (Wildman–Crippen LogP) is 1.47. The molecule has 3 heterocycles. The number of hydrogen-bond donors (Lipinski definition) is 0. The van der Waals surface area contributed by atoms with Crippen molar-refractivity contribution >= 4 is 27.5 Å². The fourth-order valence-electron chi connectivity index (χ4n) is 3.12. The molecule has 7 heteroatoms. The molecule has 2 aromatic rings. The summed E-state index contributed by atoms with van der Waals surface area (Å²) in [4.78, 5) is 34.9. The summed E-state index contributed by atoms with van der Waals surface area (Å²) in [6.07, 6.45) is 3.49. The van der Waals surface area contributed by atoms with E-state index >= 15 is 0 Å². The largest absolute Gasteiger partial charge is 0.338 e. The number of hydrogen-bond acceptors (Lipinski definition) is 5. The van der Waals surface area contributed by atoms with Crippen LogP contribution in [0.5, 0.6) is 0 Å². The van der Waals surface area contributed by atoms with Gasteiger partial charge >= 0.3 is 0 Å². The first-order chi connectivity index (χ1) is 10.9. The number of aryl methyl sites for hydroxylation is 2. The van der Waals surface area contributed by atoms with E-state index in [2.05, 4.69) is 16.9 Å². The monoisotopic (exact) mass is 334 g/mol. The third-order valence-corrected chi connectivity index (χ3v) is 5.95. The van der Waals surface area contributed by atoms with Crippen molar-refractivity contribution in [2.75, 3.05) is 27.2 Å². The molecule has 1 aliphatic heterocycles. The Kier molecular flexibility index (Phi) is 4.25. The number of amides is 1. The molecule has 1 aliphatic rings. The summed E-state index contributed by atoms with van der Waals surface area (Å²) < 4.78 is 1.46. The lowest BCUT2D eigenvalue weighted by atomic mass is 10.0. The van der Waals surface area contributed by atoms with Gasteiger partial charge in [-0.3, -0.25) is 9.59 Å².